The first-order valence-electron chi connectivity index (χ1n) is 18.1. The maximum atomic E-state index is 5.35. The second kappa shape index (κ2) is 11.7. The van der Waals surface area contributed by atoms with Gasteiger partial charge in [-0.2, -0.15) is 9.97 Å². The molecule has 0 saturated carbocycles. The highest BCUT2D eigenvalue weighted by Gasteiger charge is 2.23. The molecule has 6 aromatic carbocycles. The maximum Gasteiger partial charge on any atom is 0.238 e. The molecule has 0 aliphatic rings. The van der Waals surface area contributed by atoms with E-state index in [1.807, 2.05) is 18.2 Å². The first kappa shape index (κ1) is 31.9. The highest BCUT2D eigenvalue weighted by Crippen LogP contribution is 2.39. The molecule has 9 aromatic rings. The van der Waals surface area contributed by atoms with Gasteiger partial charge in [0.25, 0.3) is 0 Å². The second-order valence-electron chi connectivity index (χ2n) is 15.8. The first-order chi connectivity index (χ1) is 25.1. The van der Waals surface area contributed by atoms with Crippen molar-refractivity contribution in [3.05, 3.63) is 151 Å². The molecule has 0 amide bonds. The molecule has 5 heteroatoms. The van der Waals surface area contributed by atoms with Crippen LogP contribution in [0.5, 0.6) is 0 Å². The molecular formula is C47H41N5. The molecule has 0 saturated heterocycles. The van der Waals surface area contributed by atoms with E-state index in [4.69, 9.17) is 15.0 Å². The van der Waals surface area contributed by atoms with Gasteiger partial charge in [0.15, 0.2) is 11.6 Å². The van der Waals surface area contributed by atoms with Gasteiger partial charge < -0.3 is 4.57 Å². The molecule has 254 valence electrons. The summed E-state index contributed by atoms with van der Waals surface area (Å²) < 4.78 is 4.57. The number of hydrogen-bond acceptors (Lipinski definition) is 3. The van der Waals surface area contributed by atoms with Crippen molar-refractivity contribution < 1.29 is 0 Å². The Morgan fingerprint density at radius 1 is 0.404 bits per heavy atom. The van der Waals surface area contributed by atoms with Gasteiger partial charge in [-0.15, -0.1) is 0 Å². The lowest BCUT2D eigenvalue weighted by Crippen LogP contribution is -2.11. The van der Waals surface area contributed by atoms with Crippen molar-refractivity contribution in [2.24, 2.45) is 0 Å². The Bertz CT molecular complexity index is 2810. The van der Waals surface area contributed by atoms with Gasteiger partial charge >= 0.3 is 0 Å². The Hall–Kier alpha value is -6.07. The number of para-hydroxylation sites is 3. The van der Waals surface area contributed by atoms with Crippen LogP contribution in [0.3, 0.4) is 0 Å². The van der Waals surface area contributed by atoms with Crippen molar-refractivity contribution in [1.82, 2.24) is 24.1 Å². The topological polar surface area (TPSA) is 48.5 Å². The van der Waals surface area contributed by atoms with Gasteiger partial charge in [0.1, 0.15) is 0 Å². The minimum absolute atomic E-state index is 0.0169. The maximum absolute atomic E-state index is 5.35. The standard InChI is InChI=1S/C47H41N5/c1-46(2,3)31-24-26-41-36(28-31)33-18-10-13-21-38(33)51(41)40-23-15-12-20-35(40)44-48-43(30-16-8-7-9-17-30)49-45(50-44)52-39-22-14-11-19-34(39)37-29-32(47(4,5)6)25-27-42(37)52/h7-29H,1-6H3. The molecule has 0 fully saturated rings. The van der Waals surface area contributed by atoms with Crippen molar-refractivity contribution in [1.29, 1.82) is 0 Å². The van der Waals surface area contributed by atoms with Crippen molar-refractivity contribution in [2.75, 3.05) is 0 Å². The molecule has 0 bridgehead atoms. The zero-order valence-corrected chi connectivity index (χ0v) is 30.5. The summed E-state index contributed by atoms with van der Waals surface area (Å²) in [6, 6.07) is 49.6. The fourth-order valence-corrected chi connectivity index (χ4v) is 7.51. The molecule has 0 aliphatic carbocycles. The molecule has 3 aromatic heterocycles. The predicted molar refractivity (Wildman–Crippen MR) is 217 cm³/mol. The van der Waals surface area contributed by atoms with Gasteiger partial charge in [-0.25, -0.2) is 4.98 Å². The zero-order chi connectivity index (χ0) is 35.8. The van der Waals surface area contributed by atoms with Crippen LogP contribution in [-0.4, -0.2) is 24.1 Å². The predicted octanol–water partition coefficient (Wildman–Crippen LogP) is 12.0. The van der Waals surface area contributed by atoms with Crippen LogP contribution in [0, 0.1) is 0 Å². The number of aromatic nitrogens is 5. The van der Waals surface area contributed by atoms with E-state index in [-0.39, 0.29) is 10.8 Å². The average molecular weight is 676 g/mol. The third kappa shape index (κ3) is 5.19. The summed E-state index contributed by atoms with van der Waals surface area (Å²) >= 11 is 0. The molecule has 0 spiro atoms. The minimum atomic E-state index is 0.0169. The van der Waals surface area contributed by atoms with Gasteiger partial charge in [-0.3, -0.25) is 4.57 Å². The number of fused-ring (bicyclic) bond motifs is 6. The summed E-state index contributed by atoms with van der Waals surface area (Å²) in [4.78, 5) is 15.8. The Labute approximate surface area is 304 Å². The smallest absolute Gasteiger partial charge is 0.238 e. The molecule has 0 N–H and O–H groups in total. The first-order valence-corrected chi connectivity index (χ1v) is 18.1. The molecule has 5 nitrogen and oxygen atoms in total. The van der Waals surface area contributed by atoms with Crippen LogP contribution in [0.25, 0.3) is 78.0 Å². The molecule has 0 atom stereocenters. The summed E-state index contributed by atoms with van der Waals surface area (Å²) in [6.45, 7) is 13.6. The van der Waals surface area contributed by atoms with Crippen LogP contribution in [0.15, 0.2) is 140 Å². The molecule has 3 heterocycles. The van der Waals surface area contributed by atoms with Crippen LogP contribution in [0.1, 0.15) is 52.7 Å². The lowest BCUT2D eigenvalue weighted by molar-refractivity contribution is 0.591. The SMILES string of the molecule is CC(C)(C)c1ccc2c(c1)c1ccccc1n2-c1nc(-c2ccccc2)nc(-c2ccccc2-n2c3ccccc3c3cc(C(C)(C)C)ccc32)n1. The normalized spacial score (nSPS) is 12.4. The summed E-state index contributed by atoms with van der Waals surface area (Å²) in [6.07, 6.45) is 0. The van der Waals surface area contributed by atoms with E-state index in [1.165, 1.54) is 32.7 Å². The number of hydrogen-bond donors (Lipinski definition) is 0. The highest BCUT2D eigenvalue weighted by atomic mass is 15.2. The summed E-state index contributed by atoms with van der Waals surface area (Å²) in [5, 5.41) is 4.82. The summed E-state index contributed by atoms with van der Waals surface area (Å²) in [5.41, 5.74) is 9.96. The largest absolute Gasteiger partial charge is 0.309 e. The van der Waals surface area contributed by atoms with Crippen LogP contribution in [-0.2, 0) is 10.8 Å². The van der Waals surface area contributed by atoms with Crippen molar-refractivity contribution >= 4 is 43.6 Å². The summed E-state index contributed by atoms with van der Waals surface area (Å²) in [7, 11) is 0. The molecule has 0 unspecified atom stereocenters. The van der Waals surface area contributed by atoms with Gasteiger partial charge in [-0.1, -0.05) is 133 Å². The zero-order valence-electron chi connectivity index (χ0n) is 30.5. The van der Waals surface area contributed by atoms with Crippen LogP contribution in [0.4, 0.5) is 0 Å². The number of benzene rings is 6. The fraction of sp³-hybridized carbons (Fsp3) is 0.170. The van der Waals surface area contributed by atoms with Crippen molar-refractivity contribution in [2.45, 2.75) is 52.4 Å². The second-order valence-corrected chi connectivity index (χ2v) is 15.8. The van der Waals surface area contributed by atoms with E-state index in [0.29, 0.717) is 17.6 Å². The molecule has 0 aliphatic heterocycles. The third-order valence-corrected chi connectivity index (χ3v) is 10.3. The van der Waals surface area contributed by atoms with Crippen LogP contribution < -0.4 is 0 Å². The monoisotopic (exact) mass is 675 g/mol. The van der Waals surface area contributed by atoms with E-state index < -0.39 is 0 Å². The summed E-state index contributed by atoms with van der Waals surface area (Å²) in [5.74, 6) is 1.84. The van der Waals surface area contributed by atoms with Gasteiger partial charge in [0.2, 0.25) is 5.95 Å². The lowest BCUT2D eigenvalue weighted by Gasteiger charge is -2.19. The Morgan fingerprint density at radius 2 is 0.885 bits per heavy atom. The minimum Gasteiger partial charge on any atom is -0.309 e. The molecule has 0 radical (unpaired) electrons. The quantitative estimate of drug-likeness (QED) is 0.187. The van der Waals surface area contributed by atoms with Crippen LogP contribution >= 0.6 is 0 Å². The van der Waals surface area contributed by atoms with E-state index in [1.54, 1.807) is 0 Å². The number of rotatable bonds is 4. The fourth-order valence-electron chi connectivity index (χ4n) is 7.51. The molecule has 9 rings (SSSR count). The van der Waals surface area contributed by atoms with E-state index in [2.05, 4.69) is 172 Å². The van der Waals surface area contributed by atoms with E-state index >= 15 is 0 Å². The third-order valence-electron chi connectivity index (χ3n) is 10.3. The van der Waals surface area contributed by atoms with E-state index in [9.17, 15) is 0 Å². The average Bonchev–Trinajstić information content (AvgIpc) is 3.66. The lowest BCUT2D eigenvalue weighted by atomic mass is 9.86. The van der Waals surface area contributed by atoms with Gasteiger partial charge in [0.05, 0.1) is 27.8 Å². The van der Waals surface area contributed by atoms with Gasteiger partial charge in [-0.05, 0) is 70.5 Å². The molecule has 52 heavy (non-hydrogen) atoms. The van der Waals surface area contributed by atoms with Gasteiger partial charge in [0, 0.05) is 32.7 Å². The Balaban J connectivity index is 1.33. The van der Waals surface area contributed by atoms with Crippen molar-refractivity contribution in [3.63, 3.8) is 0 Å². The molecular weight excluding hydrogens is 635 g/mol. The highest BCUT2D eigenvalue weighted by molar-refractivity contribution is 6.11. The van der Waals surface area contributed by atoms with E-state index in [0.717, 1.165) is 38.9 Å². The van der Waals surface area contributed by atoms with Crippen LogP contribution in [0.2, 0.25) is 0 Å². The Morgan fingerprint density at radius 3 is 1.50 bits per heavy atom. The number of nitrogens with zero attached hydrogens (tertiary/aromatic N) is 5. The Kier molecular flexibility index (Phi) is 7.20. The van der Waals surface area contributed by atoms with Crippen molar-refractivity contribution in [3.8, 4) is 34.4 Å².